The van der Waals surface area contributed by atoms with Crippen molar-refractivity contribution < 1.29 is 19.0 Å². The quantitative estimate of drug-likeness (QED) is 0.843. The van der Waals surface area contributed by atoms with Crippen LogP contribution in [0.25, 0.3) is 11.5 Å². The number of hydrogen-bond acceptors (Lipinski definition) is 6. The number of ether oxygens (including phenoxy) is 2. The van der Waals surface area contributed by atoms with E-state index in [-0.39, 0.29) is 0 Å². The highest BCUT2D eigenvalue weighted by Crippen LogP contribution is 2.40. The van der Waals surface area contributed by atoms with E-state index in [4.69, 9.17) is 18.9 Å². The summed E-state index contributed by atoms with van der Waals surface area (Å²) in [7, 11) is 3.28. The number of nitrogens with zero attached hydrogens (tertiary/aromatic N) is 2. The highest BCUT2D eigenvalue weighted by Gasteiger charge is 2.42. The number of rotatable bonds is 5. The van der Waals surface area contributed by atoms with Gasteiger partial charge in [-0.3, -0.25) is 4.90 Å². The lowest BCUT2D eigenvalue weighted by Gasteiger charge is -2.47. The molecule has 2 atom stereocenters. The molecule has 1 aromatic carbocycles. The lowest BCUT2D eigenvalue weighted by molar-refractivity contribution is -0.0969. The Morgan fingerprint density at radius 3 is 2.89 bits per heavy atom. The molecule has 2 aliphatic rings. The van der Waals surface area contributed by atoms with Crippen molar-refractivity contribution in [1.29, 1.82) is 0 Å². The molecule has 1 saturated heterocycles. The summed E-state index contributed by atoms with van der Waals surface area (Å²) in [5.41, 5.74) is 1.28. The lowest BCUT2D eigenvalue weighted by atomic mass is 9.71. The van der Waals surface area contributed by atoms with Gasteiger partial charge in [0.2, 0.25) is 5.89 Å². The molecule has 2 aromatic rings. The molecular weight excluding hydrogens is 356 g/mol. The summed E-state index contributed by atoms with van der Waals surface area (Å²) in [6.45, 7) is 4.53. The summed E-state index contributed by atoms with van der Waals surface area (Å²) in [5.74, 6) is 3.19. The molecule has 0 unspecified atom stereocenters. The molecule has 1 N–H and O–H groups in total. The third-order valence-electron chi connectivity index (χ3n) is 6.41. The van der Waals surface area contributed by atoms with E-state index >= 15 is 0 Å². The largest absolute Gasteiger partial charge is 0.497 e. The van der Waals surface area contributed by atoms with Crippen LogP contribution in [0.3, 0.4) is 0 Å². The number of likely N-dealkylation sites (tertiary alicyclic amines) is 1. The zero-order valence-corrected chi connectivity index (χ0v) is 17.0. The molecule has 152 valence electrons. The molecule has 28 heavy (non-hydrogen) atoms. The first-order valence-electron chi connectivity index (χ1n) is 10.2. The average molecular weight is 386 g/mol. The van der Waals surface area contributed by atoms with Crippen molar-refractivity contribution in [1.82, 2.24) is 9.88 Å². The zero-order valence-electron chi connectivity index (χ0n) is 17.0. The normalized spacial score (nSPS) is 25.4. The Morgan fingerprint density at radius 2 is 2.11 bits per heavy atom. The SMILES string of the molecule is COc1ccc(OC)c(-c2nc(CN3CC[C@@]4(O)CCCC[C@@H]4C3)c(C)o2)c1. The molecule has 0 bridgehead atoms. The Hall–Kier alpha value is -2.05. The highest BCUT2D eigenvalue weighted by molar-refractivity contribution is 5.65. The monoisotopic (exact) mass is 386 g/mol. The first-order chi connectivity index (χ1) is 13.5. The second-order valence-electron chi connectivity index (χ2n) is 8.12. The van der Waals surface area contributed by atoms with Gasteiger partial charge in [-0.2, -0.15) is 0 Å². The molecule has 0 radical (unpaired) electrons. The Morgan fingerprint density at radius 1 is 1.25 bits per heavy atom. The number of aromatic nitrogens is 1. The van der Waals surface area contributed by atoms with Gasteiger partial charge in [0.1, 0.15) is 17.3 Å². The zero-order chi connectivity index (χ0) is 19.7. The lowest BCUT2D eigenvalue weighted by Crippen LogP contribution is -2.53. The molecule has 6 heteroatoms. The molecule has 1 saturated carbocycles. The summed E-state index contributed by atoms with van der Waals surface area (Å²) in [4.78, 5) is 7.18. The topological polar surface area (TPSA) is 68.0 Å². The molecule has 2 fully saturated rings. The number of fused-ring (bicyclic) bond motifs is 1. The maximum atomic E-state index is 10.9. The summed E-state index contributed by atoms with van der Waals surface area (Å²) < 4.78 is 16.8. The highest BCUT2D eigenvalue weighted by atomic mass is 16.5. The minimum absolute atomic E-state index is 0.375. The van der Waals surface area contributed by atoms with Gasteiger partial charge in [0.25, 0.3) is 0 Å². The van der Waals surface area contributed by atoms with Gasteiger partial charge in [0.15, 0.2) is 0 Å². The van der Waals surface area contributed by atoms with E-state index in [1.165, 1.54) is 6.42 Å². The van der Waals surface area contributed by atoms with Crippen LogP contribution in [0.2, 0.25) is 0 Å². The predicted octanol–water partition coefficient (Wildman–Crippen LogP) is 3.79. The van der Waals surface area contributed by atoms with Gasteiger partial charge in [-0.15, -0.1) is 0 Å². The molecule has 4 rings (SSSR count). The van der Waals surface area contributed by atoms with Crippen molar-refractivity contribution in [2.45, 2.75) is 51.2 Å². The maximum Gasteiger partial charge on any atom is 0.230 e. The van der Waals surface area contributed by atoms with Crippen LogP contribution in [0.1, 0.15) is 43.6 Å². The summed E-state index contributed by atoms with van der Waals surface area (Å²) in [5, 5.41) is 10.9. The standard InChI is InChI=1S/C22H30N2O4/c1-15-19(14-24-11-10-22(25)9-5-4-6-16(22)13-24)23-21(28-15)18-12-17(26-2)7-8-20(18)27-3/h7-8,12,16,25H,4-6,9-11,13-14H2,1-3H3/t16-,22+/m1/s1. The third-order valence-corrected chi connectivity index (χ3v) is 6.41. The number of hydrogen-bond donors (Lipinski definition) is 1. The van der Waals surface area contributed by atoms with Gasteiger partial charge in [0, 0.05) is 25.6 Å². The number of aryl methyl sites for hydroxylation is 1. The first kappa shape index (κ1) is 19.3. The van der Waals surface area contributed by atoms with Crippen LogP contribution in [0.15, 0.2) is 22.6 Å². The van der Waals surface area contributed by atoms with Crippen molar-refractivity contribution in [3.05, 3.63) is 29.7 Å². The second kappa shape index (κ2) is 7.76. The molecule has 6 nitrogen and oxygen atoms in total. The minimum Gasteiger partial charge on any atom is -0.497 e. The number of piperidine rings is 1. The number of aliphatic hydroxyl groups is 1. The Bertz CT molecular complexity index is 834. The van der Waals surface area contributed by atoms with Crippen molar-refractivity contribution in [3.63, 3.8) is 0 Å². The fourth-order valence-corrected chi connectivity index (χ4v) is 4.67. The first-order valence-corrected chi connectivity index (χ1v) is 10.2. The van der Waals surface area contributed by atoms with Crippen LogP contribution in [0.4, 0.5) is 0 Å². The van der Waals surface area contributed by atoms with Crippen LogP contribution in [0.5, 0.6) is 11.5 Å². The third kappa shape index (κ3) is 3.63. The minimum atomic E-state index is -0.452. The van der Waals surface area contributed by atoms with Crippen molar-refractivity contribution >= 4 is 0 Å². The van der Waals surface area contributed by atoms with E-state index in [0.29, 0.717) is 17.6 Å². The molecular formula is C22H30N2O4. The van der Waals surface area contributed by atoms with Gasteiger partial charge < -0.3 is 19.0 Å². The molecule has 1 aliphatic carbocycles. The van der Waals surface area contributed by atoms with E-state index in [2.05, 4.69) is 4.90 Å². The Balaban J connectivity index is 1.53. The summed E-state index contributed by atoms with van der Waals surface area (Å²) in [6.07, 6.45) is 5.31. The van der Waals surface area contributed by atoms with E-state index in [1.807, 2.05) is 25.1 Å². The van der Waals surface area contributed by atoms with Gasteiger partial charge in [-0.05, 0) is 44.4 Å². The molecule has 1 aromatic heterocycles. The Kier molecular flexibility index (Phi) is 5.34. The average Bonchev–Trinajstić information content (AvgIpc) is 3.07. The molecule has 2 heterocycles. The number of benzene rings is 1. The van der Waals surface area contributed by atoms with E-state index in [1.54, 1.807) is 14.2 Å². The van der Waals surface area contributed by atoms with Crippen molar-refractivity contribution in [2.24, 2.45) is 5.92 Å². The fourth-order valence-electron chi connectivity index (χ4n) is 4.67. The van der Waals surface area contributed by atoms with Crippen molar-refractivity contribution in [3.8, 4) is 23.0 Å². The Labute approximate surface area is 166 Å². The van der Waals surface area contributed by atoms with E-state index in [9.17, 15) is 5.11 Å². The summed E-state index contributed by atoms with van der Waals surface area (Å²) in [6, 6.07) is 5.61. The number of oxazole rings is 1. The van der Waals surface area contributed by atoms with Gasteiger partial charge >= 0.3 is 0 Å². The maximum absolute atomic E-state index is 10.9. The molecule has 1 aliphatic heterocycles. The van der Waals surface area contributed by atoms with Gasteiger partial charge in [-0.1, -0.05) is 12.8 Å². The van der Waals surface area contributed by atoms with E-state index < -0.39 is 5.60 Å². The van der Waals surface area contributed by atoms with Crippen LogP contribution in [0, 0.1) is 12.8 Å². The fraction of sp³-hybridized carbons (Fsp3) is 0.591. The summed E-state index contributed by atoms with van der Waals surface area (Å²) >= 11 is 0. The molecule has 0 spiro atoms. The smallest absolute Gasteiger partial charge is 0.230 e. The van der Waals surface area contributed by atoms with Gasteiger partial charge in [0.05, 0.1) is 31.1 Å². The molecule has 0 amide bonds. The van der Waals surface area contributed by atoms with Crippen LogP contribution in [-0.4, -0.2) is 47.9 Å². The van der Waals surface area contributed by atoms with Gasteiger partial charge in [-0.25, -0.2) is 4.98 Å². The van der Waals surface area contributed by atoms with Crippen LogP contribution in [-0.2, 0) is 6.54 Å². The number of methoxy groups -OCH3 is 2. The van der Waals surface area contributed by atoms with Crippen LogP contribution < -0.4 is 9.47 Å². The van der Waals surface area contributed by atoms with Crippen LogP contribution >= 0.6 is 0 Å². The van der Waals surface area contributed by atoms with E-state index in [0.717, 1.165) is 68.1 Å². The predicted molar refractivity (Wildman–Crippen MR) is 107 cm³/mol. The van der Waals surface area contributed by atoms with Crippen molar-refractivity contribution in [2.75, 3.05) is 27.3 Å². The second-order valence-corrected chi connectivity index (χ2v) is 8.12.